The molecule has 0 amide bonds. The van der Waals surface area contributed by atoms with Crippen molar-refractivity contribution in [3.8, 4) is 0 Å². The highest BCUT2D eigenvalue weighted by molar-refractivity contribution is 9.12. The van der Waals surface area contributed by atoms with Gasteiger partial charge in [-0.3, -0.25) is 0 Å². The van der Waals surface area contributed by atoms with Crippen molar-refractivity contribution in [3.63, 3.8) is 0 Å². The predicted octanol–water partition coefficient (Wildman–Crippen LogP) is 3.87. The molecule has 0 saturated heterocycles. The van der Waals surface area contributed by atoms with Crippen molar-refractivity contribution in [1.82, 2.24) is 5.32 Å². The first-order valence-corrected chi connectivity index (χ1v) is 5.86. The van der Waals surface area contributed by atoms with E-state index in [0.717, 1.165) is 20.4 Å². The molecule has 14 heavy (non-hydrogen) atoms. The van der Waals surface area contributed by atoms with Crippen LogP contribution in [0.3, 0.4) is 0 Å². The van der Waals surface area contributed by atoms with Gasteiger partial charge in [-0.05, 0) is 47.2 Å². The molecule has 2 aliphatic rings. The van der Waals surface area contributed by atoms with E-state index in [9.17, 15) is 0 Å². The first kappa shape index (κ1) is 9.99. The van der Waals surface area contributed by atoms with E-state index in [1.165, 1.54) is 5.57 Å². The molecule has 0 aromatic rings. The van der Waals surface area contributed by atoms with Crippen LogP contribution >= 0.6 is 31.9 Å². The van der Waals surface area contributed by atoms with Gasteiger partial charge in [0.1, 0.15) is 0 Å². The summed E-state index contributed by atoms with van der Waals surface area (Å²) in [5.41, 5.74) is 3.45. The Morgan fingerprint density at radius 2 is 2.00 bits per heavy atom. The number of hydrogen-bond acceptors (Lipinski definition) is 1. The fourth-order valence-electron chi connectivity index (χ4n) is 1.35. The summed E-state index contributed by atoms with van der Waals surface area (Å²) >= 11 is 6.99. The van der Waals surface area contributed by atoms with Crippen LogP contribution in [-0.4, -0.2) is 0 Å². The van der Waals surface area contributed by atoms with Gasteiger partial charge in [-0.25, -0.2) is 0 Å². The Bertz CT molecular complexity index is 423. The molecule has 0 radical (unpaired) electrons. The lowest BCUT2D eigenvalue weighted by molar-refractivity contribution is 0.968. The van der Waals surface area contributed by atoms with Crippen LogP contribution in [0.4, 0.5) is 0 Å². The Labute approximate surface area is 100 Å². The Balaban J connectivity index is 2.49. The van der Waals surface area contributed by atoms with E-state index in [2.05, 4.69) is 55.4 Å². The predicted molar refractivity (Wildman–Crippen MR) is 67.1 cm³/mol. The van der Waals surface area contributed by atoms with Gasteiger partial charge >= 0.3 is 0 Å². The Morgan fingerprint density at radius 1 is 1.21 bits per heavy atom. The zero-order chi connectivity index (χ0) is 10.1. The molecule has 0 aromatic carbocycles. The summed E-state index contributed by atoms with van der Waals surface area (Å²) in [5, 5.41) is 3.34. The van der Waals surface area contributed by atoms with Gasteiger partial charge < -0.3 is 5.32 Å². The molecular formula is C11H9Br2N. The fraction of sp³-hybridized carbons (Fsp3) is 0.0909. The molecule has 1 aliphatic heterocycles. The zero-order valence-electron chi connectivity index (χ0n) is 7.64. The average Bonchev–Trinajstić information content (AvgIpc) is 2.28. The SMILES string of the molecule is CC1=C(Br)C=C2C=C(Br)C=CC=C2N1. The van der Waals surface area contributed by atoms with Gasteiger partial charge in [0, 0.05) is 25.9 Å². The Kier molecular flexibility index (Phi) is 2.79. The van der Waals surface area contributed by atoms with Crippen LogP contribution in [0, 0.1) is 0 Å². The molecule has 0 aromatic heterocycles. The van der Waals surface area contributed by atoms with Crippen molar-refractivity contribution in [3.05, 3.63) is 56.3 Å². The summed E-state index contributed by atoms with van der Waals surface area (Å²) in [5.74, 6) is 0. The van der Waals surface area contributed by atoms with E-state index in [1.54, 1.807) is 0 Å². The molecule has 2 rings (SSSR count). The normalized spacial score (nSPS) is 20.4. The molecule has 1 heterocycles. The third kappa shape index (κ3) is 1.93. The van der Waals surface area contributed by atoms with Crippen molar-refractivity contribution >= 4 is 31.9 Å². The van der Waals surface area contributed by atoms with Gasteiger partial charge in [-0.2, -0.15) is 0 Å². The van der Waals surface area contributed by atoms with Crippen LogP contribution in [0.1, 0.15) is 6.92 Å². The Morgan fingerprint density at radius 3 is 2.79 bits per heavy atom. The number of nitrogens with one attached hydrogen (secondary N) is 1. The van der Waals surface area contributed by atoms with Crippen molar-refractivity contribution in [2.45, 2.75) is 6.92 Å². The molecule has 0 spiro atoms. The van der Waals surface area contributed by atoms with Crippen LogP contribution in [0.2, 0.25) is 0 Å². The number of rotatable bonds is 0. The second-order valence-electron chi connectivity index (χ2n) is 3.17. The minimum atomic E-state index is 1.08. The molecular weight excluding hydrogens is 306 g/mol. The highest BCUT2D eigenvalue weighted by Gasteiger charge is 2.12. The number of allylic oxidation sites excluding steroid dienone is 8. The molecule has 0 fully saturated rings. The third-order valence-corrected chi connectivity index (χ3v) is 3.40. The molecule has 0 saturated carbocycles. The van der Waals surface area contributed by atoms with Crippen LogP contribution in [0.5, 0.6) is 0 Å². The van der Waals surface area contributed by atoms with Crippen LogP contribution in [0.25, 0.3) is 0 Å². The van der Waals surface area contributed by atoms with Crippen LogP contribution < -0.4 is 5.32 Å². The van der Waals surface area contributed by atoms with Gasteiger partial charge in [0.15, 0.2) is 0 Å². The number of halogens is 2. The first-order valence-electron chi connectivity index (χ1n) is 4.28. The number of fused-ring (bicyclic) bond motifs is 1. The van der Waals surface area contributed by atoms with E-state index in [1.807, 2.05) is 19.1 Å². The summed E-state index contributed by atoms with van der Waals surface area (Å²) in [4.78, 5) is 0. The topological polar surface area (TPSA) is 12.0 Å². The molecule has 1 nitrogen and oxygen atoms in total. The second kappa shape index (κ2) is 3.91. The van der Waals surface area contributed by atoms with Crippen molar-refractivity contribution in [2.24, 2.45) is 0 Å². The van der Waals surface area contributed by atoms with Gasteiger partial charge in [0.05, 0.1) is 0 Å². The van der Waals surface area contributed by atoms with E-state index in [0.29, 0.717) is 0 Å². The average molecular weight is 315 g/mol. The minimum Gasteiger partial charge on any atom is -0.358 e. The summed E-state index contributed by atoms with van der Waals surface area (Å²) in [6.07, 6.45) is 10.3. The fourth-order valence-corrected chi connectivity index (χ4v) is 2.09. The summed E-state index contributed by atoms with van der Waals surface area (Å²) < 4.78 is 2.18. The number of dihydropyridines is 1. The minimum absolute atomic E-state index is 1.08. The van der Waals surface area contributed by atoms with Gasteiger partial charge in [0.25, 0.3) is 0 Å². The molecule has 0 atom stereocenters. The van der Waals surface area contributed by atoms with Gasteiger partial charge in [0.2, 0.25) is 0 Å². The molecule has 3 heteroatoms. The zero-order valence-corrected chi connectivity index (χ0v) is 10.8. The second-order valence-corrected chi connectivity index (χ2v) is 4.94. The lowest BCUT2D eigenvalue weighted by Crippen LogP contribution is -2.16. The summed E-state index contributed by atoms with van der Waals surface area (Å²) in [7, 11) is 0. The molecule has 72 valence electrons. The van der Waals surface area contributed by atoms with E-state index in [4.69, 9.17) is 0 Å². The third-order valence-electron chi connectivity index (χ3n) is 2.09. The van der Waals surface area contributed by atoms with Crippen molar-refractivity contribution in [2.75, 3.05) is 0 Å². The maximum absolute atomic E-state index is 3.51. The maximum Gasteiger partial charge on any atom is 0.0456 e. The standard InChI is InChI=1S/C11H9Br2N/c1-7-10(13)6-8-5-9(12)3-2-4-11(8)14-7/h2-6,14H,1H3. The first-order chi connectivity index (χ1) is 6.66. The molecule has 0 unspecified atom stereocenters. The molecule has 1 aliphatic carbocycles. The van der Waals surface area contributed by atoms with Crippen molar-refractivity contribution < 1.29 is 0 Å². The summed E-state index contributed by atoms with van der Waals surface area (Å²) in [6.45, 7) is 2.05. The van der Waals surface area contributed by atoms with E-state index >= 15 is 0 Å². The smallest absolute Gasteiger partial charge is 0.0456 e. The molecule has 1 N–H and O–H groups in total. The summed E-state index contributed by atoms with van der Waals surface area (Å²) in [6, 6.07) is 0. The molecule has 0 bridgehead atoms. The van der Waals surface area contributed by atoms with Gasteiger partial charge in [-0.15, -0.1) is 0 Å². The maximum atomic E-state index is 3.51. The largest absolute Gasteiger partial charge is 0.358 e. The quantitative estimate of drug-likeness (QED) is 0.715. The lowest BCUT2D eigenvalue weighted by Gasteiger charge is -2.18. The van der Waals surface area contributed by atoms with Crippen LogP contribution in [0.15, 0.2) is 56.3 Å². The lowest BCUT2D eigenvalue weighted by atomic mass is 10.1. The van der Waals surface area contributed by atoms with E-state index < -0.39 is 0 Å². The van der Waals surface area contributed by atoms with E-state index in [-0.39, 0.29) is 0 Å². The monoisotopic (exact) mass is 313 g/mol. The highest BCUT2D eigenvalue weighted by Crippen LogP contribution is 2.28. The number of hydrogen-bond donors (Lipinski definition) is 1. The van der Waals surface area contributed by atoms with Gasteiger partial charge in [-0.1, -0.05) is 22.0 Å². The highest BCUT2D eigenvalue weighted by atomic mass is 79.9. The van der Waals surface area contributed by atoms with Crippen LogP contribution in [-0.2, 0) is 0 Å². The Hall–Kier alpha value is -0.540. The van der Waals surface area contributed by atoms with Crippen molar-refractivity contribution in [1.29, 1.82) is 0 Å².